The third kappa shape index (κ3) is 6.83. The van der Waals surface area contributed by atoms with E-state index in [9.17, 15) is 30.8 Å². The van der Waals surface area contributed by atoms with Crippen LogP contribution in [-0.4, -0.2) is 38.1 Å². The highest BCUT2D eigenvalue weighted by atomic mass is 32.2. The largest absolute Gasteiger partial charge is 0.419 e. The van der Waals surface area contributed by atoms with Crippen LogP contribution in [0.4, 0.5) is 23.2 Å². The fourth-order valence-corrected chi connectivity index (χ4v) is 3.13. The van der Waals surface area contributed by atoms with Crippen LogP contribution in [0.15, 0.2) is 18.2 Å². The quantitative estimate of drug-likeness (QED) is 0.656. The van der Waals surface area contributed by atoms with Gasteiger partial charge in [0.1, 0.15) is 11.9 Å². The molecule has 2 N–H and O–H groups in total. The lowest BCUT2D eigenvalue weighted by Gasteiger charge is -2.18. The van der Waals surface area contributed by atoms with Gasteiger partial charge in [0.25, 0.3) is 0 Å². The third-order valence-electron chi connectivity index (χ3n) is 3.17. The molecule has 0 radical (unpaired) electrons. The lowest BCUT2D eigenvalue weighted by molar-refractivity contribution is -0.140. The molecule has 0 spiro atoms. The van der Waals surface area contributed by atoms with Crippen LogP contribution in [0, 0.1) is 5.82 Å². The smallest absolute Gasteiger partial charge is 0.325 e. The standard InChI is InChI=1S/C14H18F4N2O3S2/c1-3-25(22,23)20-12(6-7-24-2)13(21)19-9-4-5-11(15)10(8-9)14(16,17)18/h4-5,8,12,20H,3,6-7H2,1-2H3,(H,19,21). The summed E-state index contributed by atoms with van der Waals surface area (Å²) in [6.07, 6.45) is -2.99. The van der Waals surface area contributed by atoms with Crippen molar-refractivity contribution in [3.8, 4) is 0 Å². The summed E-state index contributed by atoms with van der Waals surface area (Å²) in [5.41, 5.74) is -1.79. The molecule has 1 atom stereocenters. The molecule has 0 aliphatic heterocycles. The highest BCUT2D eigenvalue weighted by Gasteiger charge is 2.34. The molecular formula is C14H18F4N2O3S2. The molecule has 11 heteroatoms. The number of anilines is 1. The molecule has 0 bridgehead atoms. The van der Waals surface area contributed by atoms with Crippen LogP contribution >= 0.6 is 11.8 Å². The van der Waals surface area contributed by atoms with Gasteiger partial charge in [-0.2, -0.15) is 24.9 Å². The molecule has 5 nitrogen and oxygen atoms in total. The predicted molar refractivity (Wildman–Crippen MR) is 89.4 cm³/mol. The first kappa shape index (κ1) is 21.7. The van der Waals surface area contributed by atoms with Crippen LogP contribution < -0.4 is 10.0 Å². The number of halogens is 4. The molecule has 1 unspecified atom stereocenters. The van der Waals surface area contributed by atoms with E-state index in [0.29, 0.717) is 17.9 Å². The van der Waals surface area contributed by atoms with E-state index >= 15 is 0 Å². The Balaban J connectivity index is 3.00. The first-order chi connectivity index (χ1) is 11.5. The summed E-state index contributed by atoms with van der Waals surface area (Å²) in [5, 5.41) is 2.20. The van der Waals surface area contributed by atoms with Crippen molar-refractivity contribution in [1.29, 1.82) is 0 Å². The van der Waals surface area contributed by atoms with Crippen molar-refractivity contribution in [2.75, 3.05) is 23.1 Å². The molecule has 1 aromatic rings. The first-order valence-corrected chi connectivity index (χ1v) is 10.2. The minimum absolute atomic E-state index is 0.152. The molecule has 0 saturated carbocycles. The second kappa shape index (κ2) is 8.86. The van der Waals surface area contributed by atoms with Gasteiger partial charge in [-0.15, -0.1) is 0 Å². The van der Waals surface area contributed by atoms with Crippen molar-refractivity contribution >= 4 is 33.4 Å². The average Bonchev–Trinajstić information content (AvgIpc) is 2.52. The number of nitrogens with one attached hydrogen (secondary N) is 2. The van der Waals surface area contributed by atoms with Crippen LogP contribution in [0.1, 0.15) is 18.9 Å². The van der Waals surface area contributed by atoms with Gasteiger partial charge in [-0.3, -0.25) is 4.79 Å². The van der Waals surface area contributed by atoms with Crippen molar-refractivity contribution in [2.45, 2.75) is 25.6 Å². The predicted octanol–water partition coefficient (Wildman–Crippen LogP) is 2.84. The Morgan fingerprint density at radius 3 is 2.48 bits per heavy atom. The van der Waals surface area contributed by atoms with Gasteiger partial charge in [0.05, 0.1) is 11.3 Å². The average molecular weight is 402 g/mol. The zero-order valence-corrected chi connectivity index (χ0v) is 15.1. The minimum Gasteiger partial charge on any atom is -0.325 e. The minimum atomic E-state index is -4.91. The zero-order chi connectivity index (χ0) is 19.3. The van der Waals surface area contributed by atoms with Crippen LogP contribution in [-0.2, 0) is 21.0 Å². The van der Waals surface area contributed by atoms with Crippen LogP contribution in [0.5, 0.6) is 0 Å². The third-order valence-corrected chi connectivity index (χ3v) is 5.22. The fourth-order valence-electron chi connectivity index (χ4n) is 1.83. The molecule has 1 rings (SSSR count). The molecule has 1 amide bonds. The normalized spacial score (nSPS) is 13.5. The lowest BCUT2D eigenvalue weighted by atomic mass is 10.1. The maximum atomic E-state index is 13.3. The van der Waals surface area contributed by atoms with Crippen molar-refractivity contribution < 1.29 is 30.8 Å². The summed E-state index contributed by atoms with van der Waals surface area (Å²) in [6.45, 7) is 1.39. The second-order valence-corrected chi connectivity index (χ2v) is 8.07. The van der Waals surface area contributed by atoms with Crippen molar-refractivity contribution in [3.05, 3.63) is 29.6 Å². The number of carbonyl (C=O) groups excluding carboxylic acids is 1. The Kier molecular flexibility index (Phi) is 7.69. The first-order valence-electron chi connectivity index (χ1n) is 7.16. The van der Waals surface area contributed by atoms with Gasteiger partial charge in [0.15, 0.2) is 0 Å². The maximum Gasteiger partial charge on any atom is 0.419 e. The van der Waals surface area contributed by atoms with Gasteiger partial charge in [0.2, 0.25) is 15.9 Å². The van der Waals surface area contributed by atoms with E-state index in [1.54, 1.807) is 6.26 Å². The molecule has 0 fully saturated rings. The lowest BCUT2D eigenvalue weighted by Crippen LogP contribution is -2.44. The summed E-state index contributed by atoms with van der Waals surface area (Å²) in [5.74, 6) is -2.06. The molecule has 0 aliphatic rings. The van der Waals surface area contributed by atoms with E-state index in [1.165, 1.54) is 18.7 Å². The number of rotatable bonds is 8. The molecule has 25 heavy (non-hydrogen) atoms. The Labute approximate surface area is 147 Å². The number of benzene rings is 1. The Morgan fingerprint density at radius 2 is 1.96 bits per heavy atom. The topological polar surface area (TPSA) is 75.3 Å². The number of thioether (sulfide) groups is 1. The van der Waals surface area contributed by atoms with Crippen LogP contribution in [0.25, 0.3) is 0 Å². The molecule has 0 saturated heterocycles. The zero-order valence-electron chi connectivity index (χ0n) is 13.5. The summed E-state index contributed by atoms with van der Waals surface area (Å²) in [4.78, 5) is 12.2. The van der Waals surface area contributed by atoms with E-state index in [-0.39, 0.29) is 17.9 Å². The van der Waals surface area contributed by atoms with E-state index in [1.807, 2.05) is 0 Å². The van der Waals surface area contributed by atoms with Gasteiger partial charge < -0.3 is 5.32 Å². The maximum absolute atomic E-state index is 13.3. The van der Waals surface area contributed by atoms with Crippen LogP contribution in [0.3, 0.4) is 0 Å². The van der Waals surface area contributed by atoms with E-state index in [2.05, 4.69) is 10.0 Å². The Morgan fingerprint density at radius 1 is 1.32 bits per heavy atom. The number of amides is 1. The SMILES string of the molecule is CCS(=O)(=O)NC(CCSC)C(=O)Nc1ccc(F)c(C(F)(F)F)c1. The Bertz CT molecular complexity index is 709. The molecule has 0 heterocycles. The number of hydrogen-bond donors (Lipinski definition) is 2. The molecule has 142 valence electrons. The van der Waals surface area contributed by atoms with Crippen molar-refractivity contribution in [1.82, 2.24) is 4.72 Å². The summed E-state index contributed by atoms with van der Waals surface area (Å²) in [6, 6.07) is 0.887. The van der Waals surface area contributed by atoms with Gasteiger partial charge in [-0.25, -0.2) is 17.5 Å². The van der Waals surface area contributed by atoms with Gasteiger partial charge >= 0.3 is 6.18 Å². The van der Waals surface area contributed by atoms with E-state index in [4.69, 9.17) is 0 Å². The summed E-state index contributed by atoms with van der Waals surface area (Å²) >= 11 is 1.38. The van der Waals surface area contributed by atoms with Gasteiger partial charge in [-0.05, 0) is 43.6 Å². The number of carbonyl (C=O) groups is 1. The van der Waals surface area contributed by atoms with Crippen molar-refractivity contribution in [2.24, 2.45) is 0 Å². The number of hydrogen-bond acceptors (Lipinski definition) is 4. The van der Waals surface area contributed by atoms with Crippen LogP contribution in [0.2, 0.25) is 0 Å². The van der Waals surface area contributed by atoms with E-state index < -0.39 is 39.5 Å². The monoisotopic (exact) mass is 402 g/mol. The Hall–Kier alpha value is -1.33. The highest BCUT2D eigenvalue weighted by molar-refractivity contribution is 7.98. The molecule has 1 aromatic carbocycles. The van der Waals surface area contributed by atoms with E-state index in [0.717, 1.165) is 6.07 Å². The van der Waals surface area contributed by atoms with Gasteiger partial charge in [-0.1, -0.05) is 0 Å². The second-order valence-electron chi connectivity index (χ2n) is 5.04. The van der Waals surface area contributed by atoms with Gasteiger partial charge in [0, 0.05) is 5.69 Å². The number of sulfonamides is 1. The van der Waals surface area contributed by atoms with Crippen molar-refractivity contribution in [3.63, 3.8) is 0 Å². The molecule has 0 aliphatic carbocycles. The summed E-state index contributed by atoms with van der Waals surface area (Å²) < 4.78 is 76.9. The fraction of sp³-hybridized carbons (Fsp3) is 0.500. The molecular weight excluding hydrogens is 384 g/mol. The summed E-state index contributed by atoms with van der Waals surface area (Å²) in [7, 11) is -3.68. The number of alkyl halides is 3. The molecule has 0 aromatic heterocycles. The highest BCUT2D eigenvalue weighted by Crippen LogP contribution is 2.33.